The second-order valence-corrected chi connectivity index (χ2v) is 5.37. The first-order chi connectivity index (χ1) is 12.6. The second kappa shape index (κ2) is 6.12. The summed E-state index contributed by atoms with van der Waals surface area (Å²) in [7, 11) is 1.38. The van der Waals surface area contributed by atoms with Gasteiger partial charge in [0.25, 0.3) is 11.5 Å². The van der Waals surface area contributed by atoms with E-state index in [1.165, 1.54) is 7.05 Å². The molecule has 2 aromatic rings. The lowest BCUT2D eigenvalue weighted by molar-refractivity contribution is -0.143. The van der Waals surface area contributed by atoms with Gasteiger partial charge in [0.1, 0.15) is 11.4 Å². The molecule has 0 aliphatic carbocycles. The van der Waals surface area contributed by atoms with E-state index in [1.807, 2.05) is 0 Å². The van der Waals surface area contributed by atoms with Crippen molar-refractivity contribution < 1.29 is 27.1 Å². The van der Waals surface area contributed by atoms with Crippen molar-refractivity contribution in [3.8, 4) is 11.4 Å². The minimum atomic E-state index is -5.07. The van der Waals surface area contributed by atoms with Crippen LogP contribution in [0.15, 0.2) is 27.8 Å². The van der Waals surface area contributed by atoms with E-state index in [1.54, 1.807) is 0 Å². The van der Waals surface area contributed by atoms with Gasteiger partial charge in [-0.1, -0.05) is 0 Å². The van der Waals surface area contributed by atoms with Crippen molar-refractivity contribution in [2.45, 2.75) is 6.18 Å². The molecule has 1 amide bonds. The highest BCUT2D eigenvalue weighted by molar-refractivity contribution is 5.97. The number of halogens is 4. The second-order valence-electron chi connectivity index (χ2n) is 5.37. The number of hydrogen-bond donors (Lipinski definition) is 2. The quantitative estimate of drug-likeness (QED) is 0.540. The number of hydrazine groups is 1. The molecule has 0 radical (unpaired) electrons. The summed E-state index contributed by atoms with van der Waals surface area (Å²) in [6, 6.07) is 1.78. The summed E-state index contributed by atoms with van der Waals surface area (Å²) in [5, 5.41) is 0.970. The Kier molecular flexibility index (Phi) is 4.18. The van der Waals surface area contributed by atoms with Gasteiger partial charge < -0.3 is 10.6 Å². The largest absolute Gasteiger partial charge is 0.481 e. The summed E-state index contributed by atoms with van der Waals surface area (Å²) >= 11 is 0. The molecule has 0 saturated carbocycles. The van der Waals surface area contributed by atoms with Crippen LogP contribution >= 0.6 is 0 Å². The van der Waals surface area contributed by atoms with E-state index in [4.69, 9.17) is 10.6 Å². The number of carbonyl (C=O) groups excluding carboxylic acids is 1. The van der Waals surface area contributed by atoms with Gasteiger partial charge in [-0.15, -0.1) is 0 Å². The molecule has 1 aromatic carbocycles. The maximum absolute atomic E-state index is 14.4. The van der Waals surface area contributed by atoms with Crippen LogP contribution in [0.25, 0.3) is 5.69 Å². The fraction of sp³-hybridized carbons (Fsp3) is 0.214. The maximum Gasteiger partial charge on any atom is 0.433 e. The molecule has 144 valence electrons. The first-order valence-corrected chi connectivity index (χ1v) is 7.24. The van der Waals surface area contributed by atoms with Crippen LogP contribution in [-0.2, 0) is 11.0 Å². The van der Waals surface area contributed by atoms with E-state index in [9.17, 15) is 31.9 Å². The zero-order valence-corrected chi connectivity index (χ0v) is 13.5. The average molecular weight is 389 g/mol. The van der Waals surface area contributed by atoms with Crippen molar-refractivity contribution in [2.24, 2.45) is 0 Å². The van der Waals surface area contributed by atoms with Crippen LogP contribution in [0, 0.1) is 5.82 Å². The lowest BCUT2D eigenvalue weighted by Gasteiger charge is -2.29. The summed E-state index contributed by atoms with van der Waals surface area (Å²) in [6.07, 6.45) is -5.07. The van der Waals surface area contributed by atoms with Gasteiger partial charge in [0.15, 0.2) is 18.1 Å². The standard InChI is InChI=1S/C14H11F4N5O4/c1-20-23-8-3-7(6(15)2-9(8)27-5-12(23)25)21-11(24)4-10(14(16,17)18)22(19)13(21)26/h2-4,20H,5,19H2,1H3. The molecule has 3 rings (SSSR count). The van der Waals surface area contributed by atoms with Gasteiger partial charge in [0.2, 0.25) is 0 Å². The lowest BCUT2D eigenvalue weighted by Crippen LogP contribution is -2.47. The Hall–Kier alpha value is -3.35. The Bertz CT molecular complexity index is 1060. The van der Waals surface area contributed by atoms with Crippen LogP contribution in [0.1, 0.15) is 5.69 Å². The number of nitrogens with one attached hydrogen (secondary N) is 1. The van der Waals surface area contributed by atoms with Gasteiger partial charge in [-0.3, -0.25) is 9.59 Å². The number of fused-ring (bicyclic) bond motifs is 1. The van der Waals surface area contributed by atoms with Crippen molar-refractivity contribution in [3.63, 3.8) is 0 Å². The third-order valence-corrected chi connectivity index (χ3v) is 3.76. The first kappa shape index (κ1) is 18.4. The molecule has 27 heavy (non-hydrogen) atoms. The van der Waals surface area contributed by atoms with Gasteiger partial charge in [-0.2, -0.15) is 13.2 Å². The van der Waals surface area contributed by atoms with E-state index in [0.717, 1.165) is 17.1 Å². The van der Waals surface area contributed by atoms with E-state index >= 15 is 0 Å². The number of ether oxygens (including phenoxy) is 1. The Balaban J connectivity index is 2.29. The predicted octanol–water partition coefficient (Wildman–Crippen LogP) is -0.269. The summed E-state index contributed by atoms with van der Waals surface area (Å²) in [6.45, 7) is -0.386. The number of carbonyl (C=O) groups is 1. The zero-order chi connectivity index (χ0) is 20.1. The molecule has 13 heteroatoms. The fourth-order valence-electron chi connectivity index (χ4n) is 2.57. The van der Waals surface area contributed by atoms with Crippen molar-refractivity contribution in [3.05, 3.63) is 50.5 Å². The molecular weight excluding hydrogens is 378 g/mol. The number of rotatable bonds is 2. The maximum atomic E-state index is 14.4. The number of aromatic nitrogens is 2. The highest BCUT2D eigenvalue weighted by Crippen LogP contribution is 2.34. The number of anilines is 1. The monoisotopic (exact) mass is 389 g/mol. The van der Waals surface area contributed by atoms with Gasteiger partial charge in [-0.05, 0) is 6.07 Å². The molecule has 1 aromatic heterocycles. The molecule has 2 heterocycles. The average Bonchev–Trinajstić information content (AvgIpc) is 2.58. The first-order valence-electron chi connectivity index (χ1n) is 7.24. The summed E-state index contributed by atoms with van der Waals surface area (Å²) in [5.74, 6) is 3.37. The van der Waals surface area contributed by atoms with Crippen molar-refractivity contribution in [2.75, 3.05) is 24.5 Å². The minimum absolute atomic E-state index is 0.0417. The number of nitrogens with zero attached hydrogens (tertiary/aromatic N) is 3. The topological polar surface area (TPSA) is 112 Å². The van der Waals surface area contributed by atoms with Gasteiger partial charge >= 0.3 is 11.9 Å². The van der Waals surface area contributed by atoms with Crippen molar-refractivity contribution in [1.29, 1.82) is 0 Å². The van der Waals surface area contributed by atoms with Crippen molar-refractivity contribution >= 4 is 11.6 Å². The van der Waals surface area contributed by atoms with E-state index in [0.29, 0.717) is 0 Å². The molecule has 0 unspecified atom stereocenters. The number of benzene rings is 1. The van der Waals surface area contributed by atoms with Crippen molar-refractivity contribution in [1.82, 2.24) is 14.7 Å². The van der Waals surface area contributed by atoms with E-state index < -0.39 is 40.5 Å². The molecular formula is C14H11F4N5O4. The molecule has 0 atom stereocenters. The molecule has 1 aliphatic heterocycles. The van der Waals surface area contributed by atoms with Gasteiger partial charge in [0.05, 0.1) is 5.69 Å². The Morgan fingerprint density at radius 2 is 1.81 bits per heavy atom. The van der Waals surface area contributed by atoms with Crippen LogP contribution in [-0.4, -0.2) is 28.8 Å². The SMILES string of the molecule is CNN1C(=O)COc2cc(F)c(-n3c(=O)cc(C(F)(F)F)n(N)c3=O)cc21. The molecule has 0 bridgehead atoms. The van der Waals surface area contributed by atoms with Crippen LogP contribution in [0.5, 0.6) is 5.75 Å². The third-order valence-electron chi connectivity index (χ3n) is 3.76. The van der Waals surface area contributed by atoms with E-state index in [-0.39, 0.29) is 33.4 Å². The summed E-state index contributed by atoms with van der Waals surface area (Å²) in [4.78, 5) is 36.1. The zero-order valence-electron chi connectivity index (χ0n) is 13.5. The Labute approximate surface area is 147 Å². The molecule has 0 saturated heterocycles. The minimum Gasteiger partial charge on any atom is -0.481 e. The number of hydrogen-bond acceptors (Lipinski definition) is 6. The lowest BCUT2D eigenvalue weighted by atomic mass is 10.2. The number of nitrogen functional groups attached to an aromatic ring is 1. The van der Waals surface area contributed by atoms with Gasteiger partial charge in [0, 0.05) is 19.2 Å². The fourth-order valence-corrected chi connectivity index (χ4v) is 2.57. The Morgan fingerprint density at radius 1 is 1.15 bits per heavy atom. The van der Waals surface area contributed by atoms with Crippen LogP contribution in [0.2, 0.25) is 0 Å². The third kappa shape index (κ3) is 2.91. The normalized spacial score (nSPS) is 14.1. The summed E-state index contributed by atoms with van der Waals surface area (Å²) in [5.41, 5.74) is -2.99. The number of nitrogens with two attached hydrogens (primary N) is 1. The molecule has 3 N–H and O–H groups in total. The molecule has 0 spiro atoms. The highest BCUT2D eigenvalue weighted by atomic mass is 19.4. The smallest absolute Gasteiger partial charge is 0.433 e. The highest BCUT2D eigenvalue weighted by Gasteiger charge is 2.36. The number of alkyl halides is 3. The predicted molar refractivity (Wildman–Crippen MR) is 83.5 cm³/mol. The van der Waals surface area contributed by atoms with Crippen LogP contribution in [0.3, 0.4) is 0 Å². The van der Waals surface area contributed by atoms with Gasteiger partial charge in [-0.25, -0.2) is 28.9 Å². The van der Waals surface area contributed by atoms with E-state index in [2.05, 4.69) is 5.43 Å². The Morgan fingerprint density at radius 3 is 2.41 bits per heavy atom. The van der Waals surface area contributed by atoms with Crippen LogP contribution in [0.4, 0.5) is 23.2 Å². The number of amides is 1. The van der Waals surface area contributed by atoms with Crippen LogP contribution < -0.4 is 32.3 Å². The molecule has 1 aliphatic rings. The summed E-state index contributed by atoms with van der Waals surface area (Å²) < 4.78 is 57.9. The molecule has 9 nitrogen and oxygen atoms in total. The molecule has 0 fully saturated rings.